The minimum atomic E-state index is -4.86. The molecular weight excluding hydrogens is 510 g/mol. The zero-order chi connectivity index (χ0) is 26.9. The number of halogens is 6. The second-order valence-electron chi connectivity index (χ2n) is 9.78. The lowest BCUT2D eigenvalue weighted by Gasteiger charge is -2.32. The van der Waals surface area contributed by atoms with Crippen LogP contribution < -0.4 is 4.72 Å². The van der Waals surface area contributed by atoms with E-state index in [2.05, 4.69) is 9.82 Å². The lowest BCUT2D eigenvalue weighted by atomic mass is 9.92. The highest BCUT2D eigenvalue weighted by Gasteiger charge is 2.42. The van der Waals surface area contributed by atoms with E-state index in [1.54, 1.807) is 24.3 Å². The first kappa shape index (κ1) is 28.6. The fourth-order valence-corrected chi connectivity index (χ4v) is 5.99. The van der Waals surface area contributed by atoms with E-state index in [-0.39, 0.29) is 12.8 Å². The maximum absolute atomic E-state index is 13.0. The quantitative estimate of drug-likeness (QED) is 0.395. The van der Waals surface area contributed by atoms with Gasteiger partial charge in [0.2, 0.25) is 15.7 Å². The highest BCUT2D eigenvalue weighted by Crippen LogP contribution is 2.34. The number of likely N-dealkylation sites (tertiary alicyclic amines) is 1. The third-order valence-electron chi connectivity index (χ3n) is 6.42. The van der Waals surface area contributed by atoms with Crippen LogP contribution in [0.25, 0.3) is 0 Å². The zero-order valence-corrected chi connectivity index (χ0v) is 21.2. The first-order valence-corrected chi connectivity index (χ1v) is 13.3. The van der Waals surface area contributed by atoms with Crippen molar-refractivity contribution in [2.24, 2.45) is 11.0 Å². The van der Waals surface area contributed by atoms with Crippen LogP contribution in [0.15, 0.2) is 29.4 Å². The summed E-state index contributed by atoms with van der Waals surface area (Å²) in [6.45, 7) is 6.64. The molecule has 2 heterocycles. The molecule has 0 amide bonds. The fraction of sp³-hybridized carbons (Fsp3) is 0.652. The zero-order valence-electron chi connectivity index (χ0n) is 20.4. The summed E-state index contributed by atoms with van der Waals surface area (Å²) in [6.07, 6.45) is -8.43. The van der Waals surface area contributed by atoms with E-state index < -0.39 is 39.6 Å². The van der Waals surface area contributed by atoms with E-state index in [1.165, 1.54) is 13.8 Å². The molecule has 3 rings (SSSR count). The van der Waals surface area contributed by atoms with Gasteiger partial charge in [0.15, 0.2) is 12.3 Å². The van der Waals surface area contributed by atoms with Crippen LogP contribution in [0.4, 0.5) is 26.3 Å². The predicted molar refractivity (Wildman–Crippen MR) is 125 cm³/mol. The van der Waals surface area contributed by atoms with Gasteiger partial charge < -0.3 is 0 Å². The summed E-state index contributed by atoms with van der Waals surface area (Å²) >= 11 is 0. The lowest BCUT2D eigenvalue weighted by molar-refractivity contribution is -0.527. The molecule has 0 saturated carbocycles. The van der Waals surface area contributed by atoms with E-state index in [9.17, 15) is 34.8 Å². The number of sulfonamides is 1. The van der Waals surface area contributed by atoms with Crippen molar-refractivity contribution in [3.05, 3.63) is 35.4 Å². The van der Waals surface area contributed by atoms with Gasteiger partial charge in [-0.05, 0) is 63.4 Å². The van der Waals surface area contributed by atoms with Crippen molar-refractivity contribution in [2.45, 2.75) is 57.9 Å². The maximum atomic E-state index is 13.0. The number of hydrogen-bond donors (Lipinski definition) is 1. The smallest absolute Gasteiger partial charge is 0.294 e. The van der Waals surface area contributed by atoms with Crippen molar-refractivity contribution in [3.8, 4) is 0 Å². The van der Waals surface area contributed by atoms with Crippen LogP contribution in [-0.2, 0) is 15.6 Å². The van der Waals surface area contributed by atoms with Crippen LogP contribution in [0.5, 0.6) is 0 Å². The molecule has 1 saturated heterocycles. The summed E-state index contributed by atoms with van der Waals surface area (Å²) in [6, 6.07) is 6.79. The normalized spacial score (nSPS) is 19.2. The number of hydrogen-bond acceptors (Lipinski definition) is 4. The van der Waals surface area contributed by atoms with Crippen molar-refractivity contribution in [1.29, 1.82) is 0 Å². The van der Waals surface area contributed by atoms with E-state index >= 15 is 0 Å². The molecule has 0 radical (unpaired) electrons. The molecule has 0 aromatic heterocycles. The predicted octanol–water partition coefficient (Wildman–Crippen LogP) is 4.26. The molecule has 6 nitrogen and oxygen atoms in total. The van der Waals surface area contributed by atoms with Crippen LogP contribution in [0.3, 0.4) is 0 Å². The summed E-state index contributed by atoms with van der Waals surface area (Å²) in [7, 11) is -4.62. The molecule has 2 aliphatic heterocycles. The number of nitrogens with zero attached hydrogens (tertiary/aromatic N) is 3. The summed E-state index contributed by atoms with van der Waals surface area (Å²) in [4.78, 5) is 1.99. The van der Waals surface area contributed by atoms with E-state index in [1.807, 2.05) is 16.5 Å². The van der Waals surface area contributed by atoms with Gasteiger partial charge in [0.05, 0.1) is 24.4 Å². The van der Waals surface area contributed by atoms with Crippen LogP contribution in [0.2, 0.25) is 0 Å². The first-order chi connectivity index (χ1) is 16.5. The standard InChI is InChI=1S/C23H31F6N4O2S/c1-4-33-19(14-32-10-8-17(9-11-32)23(27,28)29)13-20(30-33)16-6-5-7-18(12-16)21(2,3)31-36(34,35)15-22(24,25)26/h5-7,12,17,31H,4,8-11,13-15H2,1-3H3/q+1. The van der Waals surface area contributed by atoms with Gasteiger partial charge in [-0.3, -0.25) is 4.90 Å². The molecule has 1 aromatic rings. The SMILES string of the molecule is CC[N+]1=C(CN2CCC(C(F)(F)F)CC2)CC(c2cccc(C(C)(C)NS(=O)(=O)CC(F)(F)F)c2)=N1. The van der Waals surface area contributed by atoms with Crippen molar-refractivity contribution in [1.82, 2.24) is 9.62 Å². The largest absolute Gasteiger partial charge is 0.404 e. The van der Waals surface area contributed by atoms with Crippen molar-refractivity contribution in [2.75, 3.05) is 31.9 Å². The fourth-order valence-electron chi connectivity index (χ4n) is 4.59. The third-order valence-corrected chi connectivity index (χ3v) is 7.94. The van der Waals surface area contributed by atoms with Gasteiger partial charge in [-0.15, -0.1) is 0 Å². The van der Waals surface area contributed by atoms with Gasteiger partial charge in [-0.1, -0.05) is 22.9 Å². The molecule has 1 N–H and O–H groups in total. The first-order valence-electron chi connectivity index (χ1n) is 11.7. The molecule has 0 spiro atoms. The van der Waals surface area contributed by atoms with Crippen molar-refractivity contribution < 1.29 is 39.4 Å². The van der Waals surface area contributed by atoms with Gasteiger partial charge in [-0.25, -0.2) is 13.1 Å². The summed E-state index contributed by atoms with van der Waals surface area (Å²) in [5.41, 5.74) is 1.51. The van der Waals surface area contributed by atoms with Crippen molar-refractivity contribution >= 4 is 21.4 Å². The Morgan fingerprint density at radius 3 is 2.31 bits per heavy atom. The molecular formula is C23H31F6N4O2S+. The molecule has 202 valence electrons. The monoisotopic (exact) mass is 541 g/mol. The van der Waals surface area contributed by atoms with E-state index in [0.29, 0.717) is 49.4 Å². The molecule has 0 bridgehead atoms. The van der Waals surface area contributed by atoms with Crippen molar-refractivity contribution in [3.63, 3.8) is 0 Å². The second-order valence-corrected chi connectivity index (χ2v) is 11.5. The third kappa shape index (κ3) is 7.51. The summed E-state index contributed by atoms with van der Waals surface area (Å²) in [5, 5.41) is 4.64. The van der Waals surface area contributed by atoms with Crippen LogP contribution in [0, 0.1) is 5.92 Å². The number of hydrazone groups is 1. The minimum Gasteiger partial charge on any atom is -0.294 e. The van der Waals surface area contributed by atoms with Crippen LogP contribution >= 0.6 is 0 Å². The molecule has 1 aromatic carbocycles. The van der Waals surface area contributed by atoms with Gasteiger partial charge in [0.1, 0.15) is 5.71 Å². The van der Waals surface area contributed by atoms with Crippen LogP contribution in [0.1, 0.15) is 51.2 Å². The molecule has 13 heteroatoms. The molecule has 0 atom stereocenters. The van der Waals surface area contributed by atoms with Gasteiger partial charge >= 0.3 is 12.4 Å². The van der Waals surface area contributed by atoms with Gasteiger partial charge in [0, 0.05) is 5.56 Å². The Morgan fingerprint density at radius 2 is 1.75 bits per heavy atom. The minimum absolute atomic E-state index is 0.0675. The number of nitrogens with one attached hydrogen (secondary N) is 1. The molecule has 2 aliphatic rings. The molecule has 1 fully saturated rings. The average molecular weight is 542 g/mol. The number of rotatable bonds is 8. The molecule has 0 aliphatic carbocycles. The number of piperidine rings is 1. The highest BCUT2D eigenvalue weighted by atomic mass is 32.2. The van der Waals surface area contributed by atoms with Gasteiger partial charge in [0.25, 0.3) is 0 Å². The Hall–Kier alpha value is -1.99. The second kappa shape index (κ2) is 10.4. The Bertz CT molecular complexity index is 1120. The number of benzene rings is 1. The van der Waals surface area contributed by atoms with E-state index in [4.69, 9.17) is 0 Å². The Morgan fingerprint density at radius 1 is 1.11 bits per heavy atom. The van der Waals surface area contributed by atoms with E-state index in [0.717, 1.165) is 5.71 Å². The average Bonchev–Trinajstić information content (AvgIpc) is 3.14. The number of alkyl halides is 6. The lowest BCUT2D eigenvalue weighted by Crippen LogP contribution is -2.44. The molecule has 0 unspecified atom stereocenters. The highest BCUT2D eigenvalue weighted by molar-refractivity contribution is 7.89. The van der Waals surface area contributed by atoms with Gasteiger partial charge in [-0.2, -0.15) is 26.3 Å². The topological polar surface area (TPSA) is 64.8 Å². The molecule has 36 heavy (non-hydrogen) atoms. The summed E-state index contributed by atoms with van der Waals surface area (Å²) < 4.78 is 105. The maximum Gasteiger partial charge on any atom is 0.404 e. The Labute approximate surface area is 207 Å². The summed E-state index contributed by atoms with van der Waals surface area (Å²) in [5.74, 6) is -3.24. The van der Waals surface area contributed by atoms with Crippen LogP contribution in [-0.4, -0.2) is 73.7 Å². The Balaban J connectivity index is 1.70. The Kier molecular flexibility index (Phi) is 8.26.